The first-order valence-electron chi connectivity index (χ1n) is 9.01. The number of benzene rings is 1. The Kier molecular flexibility index (Phi) is 4.45. The fourth-order valence-electron chi connectivity index (χ4n) is 3.53. The molecule has 0 bridgehead atoms. The number of aromatic nitrogens is 2. The molecule has 24 heavy (non-hydrogen) atoms. The standard InChI is InChI=1S/C20H24N4/c1-2-10-18-17(9-1)20(24-15-7-8-16-24)22-19(21-18)11-3-4-12-23-13-5-6-14-23/h1-4,9-12H,5-8,13-16H2/b11-3+,12-4+. The Morgan fingerprint density at radius 3 is 2.42 bits per heavy atom. The predicted molar refractivity (Wildman–Crippen MR) is 100.0 cm³/mol. The summed E-state index contributed by atoms with van der Waals surface area (Å²) in [5.41, 5.74) is 1.03. The Balaban J connectivity index is 1.60. The van der Waals surface area contributed by atoms with Gasteiger partial charge < -0.3 is 9.80 Å². The van der Waals surface area contributed by atoms with Gasteiger partial charge >= 0.3 is 0 Å². The van der Waals surface area contributed by atoms with Crippen LogP contribution in [0.4, 0.5) is 5.82 Å². The van der Waals surface area contributed by atoms with E-state index in [0.29, 0.717) is 0 Å². The number of rotatable bonds is 4. The first-order valence-corrected chi connectivity index (χ1v) is 9.01. The van der Waals surface area contributed by atoms with Crippen molar-refractivity contribution < 1.29 is 0 Å². The average molecular weight is 320 g/mol. The molecule has 0 atom stereocenters. The third-order valence-corrected chi connectivity index (χ3v) is 4.80. The fraction of sp³-hybridized carbons (Fsp3) is 0.400. The maximum atomic E-state index is 4.83. The Morgan fingerprint density at radius 2 is 1.58 bits per heavy atom. The summed E-state index contributed by atoms with van der Waals surface area (Å²) >= 11 is 0. The van der Waals surface area contributed by atoms with Crippen molar-refractivity contribution in [1.82, 2.24) is 14.9 Å². The highest BCUT2D eigenvalue weighted by molar-refractivity contribution is 5.90. The van der Waals surface area contributed by atoms with E-state index in [1.165, 1.54) is 38.8 Å². The summed E-state index contributed by atoms with van der Waals surface area (Å²) in [6, 6.07) is 8.32. The summed E-state index contributed by atoms with van der Waals surface area (Å²) in [6.07, 6.45) is 13.5. The topological polar surface area (TPSA) is 32.3 Å². The lowest BCUT2D eigenvalue weighted by Crippen LogP contribution is -2.20. The lowest BCUT2D eigenvalue weighted by Gasteiger charge is -2.18. The minimum absolute atomic E-state index is 0.793. The van der Waals surface area contributed by atoms with Gasteiger partial charge in [0.1, 0.15) is 5.82 Å². The van der Waals surface area contributed by atoms with Gasteiger partial charge in [0.25, 0.3) is 0 Å². The van der Waals surface area contributed by atoms with Gasteiger partial charge in [-0.25, -0.2) is 9.97 Å². The molecule has 0 saturated carbocycles. The van der Waals surface area contributed by atoms with Crippen LogP contribution in [0.2, 0.25) is 0 Å². The van der Waals surface area contributed by atoms with Gasteiger partial charge in [-0.05, 0) is 56.2 Å². The quantitative estimate of drug-likeness (QED) is 0.801. The van der Waals surface area contributed by atoms with Gasteiger partial charge in [-0.2, -0.15) is 0 Å². The van der Waals surface area contributed by atoms with Crippen LogP contribution in [-0.2, 0) is 0 Å². The van der Waals surface area contributed by atoms with E-state index in [4.69, 9.17) is 9.97 Å². The lowest BCUT2D eigenvalue weighted by molar-refractivity contribution is 0.468. The van der Waals surface area contributed by atoms with Gasteiger partial charge in [0.2, 0.25) is 0 Å². The fourth-order valence-corrected chi connectivity index (χ4v) is 3.53. The van der Waals surface area contributed by atoms with Gasteiger partial charge in [0.05, 0.1) is 5.52 Å². The van der Waals surface area contributed by atoms with Gasteiger partial charge in [0, 0.05) is 31.6 Å². The minimum atomic E-state index is 0.793. The molecule has 2 aromatic rings. The molecule has 0 unspecified atom stereocenters. The molecule has 0 N–H and O–H groups in total. The van der Waals surface area contributed by atoms with E-state index in [2.05, 4.69) is 46.4 Å². The maximum Gasteiger partial charge on any atom is 0.154 e. The maximum absolute atomic E-state index is 4.83. The molecule has 2 aliphatic heterocycles. The van der Waals surface area contributed by atoms with Crippen LogP contribution in [0.5, 0.6) is 0 Å². The highest BCUT2D eigenvalue weighted by Gasteiger charge is 2.17. The van der Waals surface area contributed by atoms with E-state index in [1.54, 1.807) is 0 Å². The van der Waals surface area contributed by atoms with Crippen molar-refractivity contribution in [3.63, 3.8) is 0 Å². The Hall–Kier alpha value is -2.36. The van der Waals surface area contributed by atoms with Crippen molar-refractivity contribution in [2.45, 2.75) is 25.7 Å². The first-order chi connectivity index (χ1) is 11.9. The first kappa shape index (κ1) is 15.2. The Bertz CT molecular complexity index is 753. The van der Waals surface area contributed by atoms with E-state index < -0.39 is 0 Å². The van der Waals surface area contributed by atoms with Gasteiger partial charge in [0.15, 0.2) is 5.82 Å². The number of allylic oxidation sites excluding steroid dienone is 2. The number of hydrogen-bond acceptors (Lipinski definition) is 4. The lowest BCUT2D eigenvalue weighted by atomic mass is 10.2. The molecule has 4 nitrogen and oxygen atoms in total. The zero-order valence-electron chi connectivity index (χ0n) is 14.1. The summed E-state index contributed by atoms with van der Waals surface area (Å²) in [7, 11) is 0. The molecular formula is C20H24N4. The highest BCUT2D eigenvalue weighted by atomic mass is 15.2. The average Bonchev–Trinajstić information content (AvgIpc) is 3.31. The summed E-state index contributed by atoms with van der Waals surface area (Å²) in [6.45, 7) is 4.55. The second-order valence-electron chi connectivity index (χ2n) is 6.56. The van der Waals surface area contributed by atoms with E-state index in [0.717, 1.165) is 35.6 Å². The summed E-state index contributed by atoms with van der Waals surface area (Å²) in [5.74, 6) is 1.88. The number of anilines is 1. The normalized spacial score (nSPS) is 18.7. The van der Waals surface area contributed by atoms with Crippen molar-refractivity contribution in [3.05, 3.63) is 48.4 Å². The summed E-state index contributed by atoms with van der Waals surface area (Å²) < 4.78 is 0. The van der Waals surface area contributed by atoms with Crippen LogP contribution in [0.15, 0.2) is 42.6 Å². The third-order valence-electron chi connectivity index (χ3n) is 4.80. The second-order valence-corrected chi connectivity index (χ2v) is 6.56. The van der Waals surface area contributed by atoms with Gasteiger partial charge in [-0.3, -0.25) is 0 Å². The number of nitrogens with zero attached hydrogens (tertiary/aromatic N) is 4. The van der Waals surface area contributed by atoms with Crippen molar-refractivity contribution in [2.24, 2.45) is 0 Å². The molecule has 124 valence electrons. The molecule has 4 rings (SSSR count). The summed E-state index contributed by atoms with van der Waals surface area (Å²) in [4.78, 5) is 14.3. The number of hydrogen-bond donors (Lipinski definition) is 0. The SMILES string of the molecule is C(/C=C/N1CCCC1)=C\c1nc(N2CCCC2)c2ccccc2n1. The molecule has 0 aliphatic carbocycles. The largest absolute Gasteiger partial charge is 0.377 e. The Labute approximate surface area is 143 Å². The molecule has 2 fully saturated rings. The minimum Gasteiger partial charge on any atom is -0.377 e. The van der Waals surface area contributed by atoms with E-state index in [-0.39, 0.29) is 0 Å². The van der Waals surface area contributed by atoms with Crippen LogP contribution in [0, 0.1) is 0 Å². The van der Waals surface area contributed by atoms with Crippen LogP contribution in [-0.4, -0.2) is 41.0 Å². The summed E-state index contributed by atoms with van der Waals surface area (Å²) in [5, 5.41) is 1.16. The number of likely N-dealkylation sites (tertiary alicyclic amines) is 1. The second kappa shape index (κ2) is 7.04. The molecule has 4 heteroatoms. The van der Waals surface area contributed by atoms with E-state index in [1.807, 2.05) is 12.1 Å². The molecule has 1 aromatic carbocycles. The van der Waals surface area contributed by atoms with E-state index in [9.17, 15) is 0 Å². The number of fused-ring (bicyclic) bond motifs is 1. The van der Waals surface area contributed by atoms with Crippen molar-refractivity contribution in [1.29, 1.82) is 0 Å². The molecule has 2 aliphatic rings. The third kappa shape index (κ3) is 3.28. The molecule has 0 spiro atoms. The van der Waals surface area contributed by atoms with E-state index >= 15 is 0 Å². The van der Waals surface area contributed by atoms with Crippen LogP contribution < -0.4 is 4.90 Å². The zero-order valence-corrected chi connectivity index (χ0v) is 14.1. The number of para-hydroxylation sites is 1. The van der Waals surface area contributed by atoms with Crippen molar-refractivity contribution in [3.8, 4) is 0 Å². The Morgan fingerprint density at radius 1 is 0.833 bits per heavy atom. The molecule has 0 amide bonds. The van der Waals surface area contributed by atoms with Gasteiger partial charge in [-0.15, -0.1) is 0 Å². The molecule has 3 heterocycles. The predicted octanol–water partition coefficient (Wildman–Crippen LogP) is 3.85. The zero-order chi connectivity index (χ0) is 16.2. The van der Waals surface area contributed by atoms with Crippen LogP contribution in [0.1, 0.15) is 31.5 Å². The molecule has 0 radical (unpaired) electrons. The molecule has 2 saturated heterocycles. The van der Waals surface area contributed by atoms with Crippen molar-refractivity contribution >= 4 is 22.8 Å². The van der Waals surface area contributed by atoms with Crippen LogP contribution >= 0.6 is 0 Å². The van der Waals surface area contributed by atoms with Crippen molar-refractivity contribution in [2.75, 3.05) is 31.1 Å². The highest BCUT2D eigenvalue weighted by Crippen LogP contribution is 2.26. The molecule has 1 aromatic heterocycles. The smallest absolute Gasteiger partial charge is 0.154 e. The monoisotopic (exact) mass is 320 g/mol. The van der Waals surface area contributed by atoms with Crippen LogP contribution in [0.3, 0.4) is 0 Å². The van der Waals surface area contributed by atoms with Gasteiger partial charge in [-0.1, -0.05) is 18.2 Å². The molecular weight excluding hydrogens is 296 g/mol. The van der Waals surface area contributed by atoms with Crippen LogP contribution in [0.25, 0.3) is 17.0 Å².